The molecule has 1 heterocycles. The number of carbonyl (C=O) groups is 1. The minimum Gasteiger partial charge on any atom is -0.396 e. The third-order valence-electron chi connectivity index (χ3n) is 3.68. The van der Waals surface area contributed by atoms with Crippen LogP contribution in [0.5, 0.6) is 0 Å². The van der Waals surface area contributed by atoms with Crippen molar-refractivity contribution in [2.75, 3.05) is 24.6 Å². The SMILES string of the molecule is CC(=O)c1ccc(N2CC(C)NCC2CCO)cc1. The monoisotopic (exact) mass is 262 g/mol. The van der Waals surface area contributed by atoms with Gasteiger partial charge in [-0.1, -0.05) is 0 Å². The van der Waals surface area contributed by atoms with Crippen molar-refractivity contribution in [2.24, 2.45) is 0 Å². The smallest absolute Gasteiger partial charge is 0.159 e. The largest absolute Gasteiger partial charge is 0.396 e. The quantitative estimate of drug-likeness (QED) is 0.806. The first-order valence-electron chi connectivity index (χ1n) is 6.83. The van der Waals surface area contributed by atoms with Gasteiger partial charge in [0.2, 0.25) is 0 Å². The lowest BCUT2D eigenvalue weighted by atomic mass is 10.0. The summed E-state index contributed by atoms with van der Waals surface area (Å²) >= 11 is 0. The van der Waals surface area contributed by atoms with E-state index in [4.69, 9.17) is 5.11 Å². The van der Waals surface area contributed by atoms with Crippen molar-refractivity contribution < 1.29 is 9.90 Å². The second-order valence-electron chi connectivity index (χ2n) is 5.23. The molecule has 1 aliphatic rings. The first kappa shape index (κ1) is 14.0. The fraction of sp³-hybridized carbons (Fsp3) is 0.533. The third-order valence-corrected chi connectivity index (χ3v) is 3.68. The molecule has 1 aromatic carbocycles. The van der Waals surface area contributed by atoms with Gasteiger partial charge in [0.05, 0.1) is 0 Å². The normalized spacial score (nSPS) is 23.4. The number of nitrogens with one attached hydrogen (secondary N) is 1. The summed E-state index contributed by atoms with van der Waals surface area (Å²) in [5, 5.41) is 12.6. The number of rotatable bonds is 4. The fourth-order valence-corrected chi connectivity index (χ4v) is 2.57. The van der Waals surface area contributed by atoms with Crippen molar-refractivity contribution >= 4 is 11.5 Å². The van der Waals surface area contributed by atoms with Crippen molar-refractivity contribution in [3.8, 4) is 0 Å². The van der Waals surface area contributed by atoms with E-state index in [1.807, 2.05) is 24.3 Å². The molecule has 0 saturated carbocycles. The van der Waals surface area contributed by atoms with Gasteiger partial charge in [-0.25, -0.2) is 0 Å². The molecule has 0 spiro atoms. The predicted molar refractivity (Wildman–Crippen MR) is 76.7 cm³/mol. The Morgan fingerprint density at radius 2 is 2.11 bits per heavy atom. The van der Waals surface area contributed by atoms with Crippen LogP contribution in [0.25, 0.3) is 0 Å². The Bertz CT molecular complexity index is 430. The summed E-state index contributed by atoms with van der Waals surface area (Å²) < 4.78 is 0. The number of carbonyl (C=O) groups excluding carboxylic acids is 1. The van der Waals surface area contributed by atoms with E-state index in [0.717, 1.165) is 30.8 Å². The Hall–Kier alpha value is -1.39. The third kappa shape index (κ3) is 3.33. The number of hydrogen-bond donors (Lipinski definition) is 2. The molecule has 2 unspecified atom stereocenters. The van der Waals surface area contributed by atoms with E-state index in [1.165, 1.54) is 0 Å². The van der Waals surface area contributed by atoms with Crippen LogP contribution in [-0.4, -0.2) is 42.7 Å². The summed E-state index contributed by atoms with van der Waals surface area (Å²) in [6, 6.07) is 8.49. The Labute approximate surface area is 114 Å². The summed E-state index contributed by atoms with van der Waals surface area (Å²) in [7, 11) is 0. The molecule has 0 radical (unpaired) electrons. The molecule has 4 heteroatoms. The van der Waals surface area contributed by atoms with E-state index >= 15 is 0 Å². The number of hydrogen-bond acceptors (Lipinski definition) is 4. The maximum Gasteiger partial charge on any atom is 0.159 e. The number of piperazine rings is 1. The van der Waals surface area contributed by atoms with Crippen LogP contribution in [0.2, 0.25) is 0 Å². The molecule has 1 saturated heterocycles. The van der Waals surface area contributed by atoms with Crippen molar-refractivity contribution in [2.45, 2.75) is 32.4 Å². The molecule has 2 rings (SSSR count). The number of Topliss-reactive ketones (excluding diaryl/α,β-unsaturated/α-hetero) is 1. The molecule has 4 nitrogen and oxygen atoms in total. The molecular formula is C15H22N2O2. The zero-order valence-electron chi connectivity index (χ0n) is 11.6. The lowest BCUT2D eigenvalue weighted by Crippen LogP contribution is -2.56. The average Bonchev–Trinajstić information content (AvgIpc) is 2.41. The van der Waals surface area contributed by atoms with E-state index in [9.17, 15) is 4.79 Å². The predicted octanol–water partition coefficient (Wildman–Crippen LogP) is 1.44. The lowest BCUT2D eigenvalue weighted by molar-refractivity contribution is 0.101. The molecule has 104 valence electrons. The van der Waals surface area contributed by atoms with Crippen molar-refractivity contribution in [3.63, 3.8) is 0 Å². The number of aliphatic hydroxyl groups is 1. The maximum absolute atomic E-state index is 11.3. The Morgan fingerprint density at radius 1 is 1.42 bits per heavy atom. The van der Waals surface area contributed by atoms with Gasteiger partial charge in [0, 0.05) is 43.0 Å². The van der Waals surface area contributed by atoms with Crippen LogP contribution in [-0.2, 0) is 0 Å². The van der Waals surface area contributed by atoms with Gasteiger partial charge in [0.1, 0.15) is 0 Å². The summed E-state index contributed by atoms with van der Waals surface area (Å²) in [5.74, 6) is 0.0899. The van der Waals surface area contributed by atoms with Gasteiger partial charge in [0.25, 0.3) is 0 Å². The Balaban J connectivity index is 2.18. The van der Waals surface area contributed by atoms with Crippen LogP contribution >= 0.6 is 0 Å². The highest BCUT2D eigenvalue weighted by Gasteiger charge is 2.25. The maximum atomic E-state index is 11.3. The molecule has 2 atom stereocenters. The van der Waals surface area contributed by atoms with Gasteiger partial charge >= 0.3 is 0 Å². The van der Waals surface area contributed by atoms with Gasteiger partial charge in [-0.15, -0.1) is 0 Å². The molecule has 2 N–H and O–H groups in total. The van der Waals surface area contributed by atoms with Gasteiger partial charge in [-0.2, -0.15) is 0 Å². The molecular weight excluding hydrogens is 240 g/mol. The first-order valence-corrected chi connectivity index (χ1v) is 6.83. The van der Waals surface area contributed by atoms with Crippen molar-refractivity contribution in [1.29, 1.82) is 0 Å². The van der Waals surface area contributed by atoms with Crippen molar-refractivity contribution in [1.82, 2.24) is 5.32 Å². The van der Waals surface area contributed by atoms with Gasteiger partial charge in [-0.3, -0.25) is 4.79 Å². The lowest BCUT2D eigenvalue weighted by Gasteiger charge is -2.41. The number of benzene rings is 1. The summed E-state index contributed by atoms with van der Waals surface area (Å²) in [6.07, 6.45) is 0.758. The highest BCUT2D eigenvalue weighted by Crippen LogP contribution is 2.22. The highest BCUT2D eigenvalue weighted by molar-refractivity contribution is 5.94. The van der Waals surface area contributed by atoms with Crippen LogP contribution in [0.15, 0.2) is 24.3 Å². The van der Waals surface area contributed by atoms with E-state index in [0.29, 0.717) is 12.1 Å². The number of ketones is 1. The van der Waals surface area contributed by atoms with Crippen molar-refractivity contribution in [3.05, 3.63) is 29.8 Å². The summed E-state index contributed by atoms with van der Waals surface area (Å²) in [4.78, 5) is 13.6. The van der Waals surface area contributed by atoms with E-state index in [-0.39, 0.29) is 12.4 Å². The Morgan fingerprint density at radius 3 is 2.68 bits per heavy atom. The van der Waals surface area contributed by atoms with Crippen LogP contribution in [0.1, 0.15) is 30.6 Å². The van der Waals surface area contributed by atoms with E-state index in [1.54, 1.807) is 6.92 Å². The Kier molecular flexibility index (Phi) is 4.56. The number of anilines is 1. The van der Waals surface area contributed by atoms with E-state index < -0.39 is 0 Å². The second kappa shape index (κ2) is 6.17. The zero-order valence-corrected chi connectivity index (χ0v) is 11.6. The van der Waals surface area contributed by atoms with Crippen LogP contribution in [0, 0.1) is 0 Å². The van der Waals surface area contributed by atoms with Gasteiger partial charge in [0.15, 0.2) is 5.78 Å². The molecule has 19 heavy (non-hydrogen) atoms. The van der Waals surface area contributed by atoms with Gasteiger partial charge < -0.3 is 15.3 Å². The van der Waals surface area contributed by atoms with Gasteiger partial charge in [-0.05, 0) is 44.5 Å². The van der Waals surface area contributed by atoms with Crippen LogP contribution < -0.4 is 10.2 Å². The standard InChI is InChI=1S/C15H22N2O2/c1-11-10-17(15(7-8-18)9-16-11)14-5-3-13(4-6-14)12(2)19/h3-6,11,15-16,18H,7-10H2,1-2H3. The second-order valence-corrected chi connectivity index (χ2v) is 5.23. The molecule has 0 aliphatic carbocycles. The minimum absolute atomic E-state index is 0.0899. The molecule has 0 amide bonds. The highest BCUT2D eigenvalue weighted by atomic mass is 16.3. The molecule has 0 aromatic heterocycles. The average molecular weight is 262 g/mol. The first-order chi connectivity index (χ1) is 9.11. The number of nitrogens with zero attached hydrogens (tertiary/aromatic N) is 1. The molecule has 0 bridgehead atoms. The summed E-state index contributed by atoms with van der Waals surface area (Å²) in [5.41, 5.74) is 1.86. The minimum atomic E-state index is 0.0899. The summed E-state index contributed by atoms with van der Waals surface area (Å²) in [6.45, 7) is 5.74. The van der Waals surface area contributed by atoms with Crippen LogP contribution in [0.4, 0.5) is 5.69 Å². The zero-order chi connectivity index (χ0) is 13.8. The van der Waals surface area contributed by atoms with Crippen LogP contribution in [0.3, 0.4) is 0 Å². The fourth-order valence-electron chi connectivity index (χ4n) is 2.57. The topological polar surface area (TPSA) is 52.6 Å². The number of aliphatic hydroxyl groups excluding tert-OH is 1. The molecule has 1 fully saturated rings. The van der Waals surface area contributed by atoms with E-state index in [2.05, 4.69) is 17.1 Å². The molecule has 1 aromatic rings. The molecule has 1 aliphatic heterocycles.